The van der Waals surface area contributed by atoms with Crippen LogP contribution in [0.25, 0.3) is 0 Å². The fourth-order valence-electron chi connectivity index (χ4n) is 3.88. The number of hydrogen-bond acceptors (Lipinski definition) is 3. The van der Waals surface area contributed by atoms with E-state index in [0.717, 1.165) is 19.5 Å². The van der Waals surface area contributed by atoms with Gasteiger partial charge in [0.05, 0.1) is 0 Å². The molecule has 3 nitrogen and oxygen atoms in total. The third-order valence-electron chi connectivity index (χ3n) is 5.52. The maximum atomic E-state index is 4.61. The fourth-order valence-corrected chi connectivity index (χ4v) is 3.88. The lowest BCUT2D eigenvalue weighted by Gasteiger charge is -2.29. The molecule has 0 aromatic carbocycles. The fraction of sp³-hybridized carbons (Fsp3) is 0.583. The van der Waals surface area contributed by atoms with Gasteiger partial charge in [-0.15, -0.1) is 0 Å². The first kappa shape index (κ1) is 23.5. The van der Waals surface area contributed by atoms with E-state index in [1.54, 1.807) is 5.57 Å². The standard InChI is InChI=1S/C22H36N2.C2H5N/c1-5-19(6-2)14-15-23-22-11-8-16-24(4)17-21(22)20-10-7-9-18(3)12-13-20;1-2-3/h5,7,9-10,13,21-23H,6,8,11-12,14-17H2,1-4H3;2H,1,3H2/b19-5+;. The number of nitrogens with zero attached hydrogens (tertiary/aromatic N) is 1. The summed E-state index contributed by atoms with van der Waals surface area (Å²) < 4.78 is 0. The molecule has 1 aliphatic carbocycles. The molecule has 3 N–H and O–H groups in total. The predicted molar refractivity (Wildman–Crippen MR) is 121 cm³/mol. The summed E-state index contributed by atoms with van der Waals surface area (Å²) in [5.74, 6) is 0.601. The molecule has 2 atom stereocenters. The van der Waals surface area contributed by atoms with Gasteiger partial charge in [-0.05, 0) is 77.9 Å². The Morgan fingerprint density at radius 3 is 2.85 bits per heavy atom. The van der Waals surface area contributed by atoms with Crippen LogP contribution in [-0.4, -0.2) is 37.6 Å². The van der Waals surface area contributed by atoms with Gasteiger partial charge in [0.1, 0.15) is 0 Å². The molecule has 1 aliphatic heterocycles. The zero-order chi connectivity index (χ0) is 20.1. The smallest absolute Gasteiger partial charge is 0.0149 e. The Labute approximate surface area is 167 Å². The number of likely N-dealkylation sites (tertiary alicyclic amines) is 1. The maximum absolute atomic E-state index is 4.61. The van der Waals surface area contributed by atoms with E-state index < -0.39 is 0 Å². The van der Waals surface area contributed by atoms with Crippen LogP contribution < -0.4 is 11.1 Å². The van der Waals surface area contributed by atoms with Crippen LogP contribution in [0.1, 0.15) is 52.9 Å². The van der Waals surface area contributed by atoms with Crippen molar-refractivity contribution in [1.82, 2.24) is 10.2 Å². The van der Waals surface area contributed by atoms with Crippen molar-refractivity contribution in [2.24, 2.45) is 11.7 Å². The highest BCUT2D eigenvalue weighted by Crippen LogP contribution is 2.27. The van der Waals surface area contributed by atoms with E-state index in [2.05, 4.69) is 80.7 Å². The topological polar surface area (TPSA) is 41.3 Å². The van der Waals surface area contributed by atoms with E-state index in [4.69, 9.17) is 0 Å². The third-order valence-corrected chi connectivity index (χ3v) is 5.52. The molecule has 0 amide bonds. The van der Waals surface area contributed by atoms with Crippen LogP contribution in [0.5, 0.6) is 0 Å². The molecule has 2 aliphatic rings. The minimum atomic E-state index is 0.596. The van der Waals surface area contributed by atoms with Gasteiger partial charge in [0.25, 0.3) is 0 Å². The van der Waals surface area contributed by atoms with Gasteiger partial charge in [-0.1, -0.05) is 55.0 Å². The van der Waals surface area contributed by atoms with E-state index in [9.17, 15) is 0 Å². The number of nitrogens with two attached hydrogens (primary N) is 1. The molecular formula is C24H41N3. The first-order chi connectivity index (χ1) is 13.0. The van der Waals surface area contributed by atoms with Gasteiger partial charge in [-0.25, -0.2) is 0 Å². The van der Waals surface area contributed by atoms with Crippen molar-refractivity contribution in [2.45, 2.75) is 58.9 Å². The molecular weight excluding hydrogens is 330 g/mol. The molecule has 2 rings (SSSR count). The maximum Gasteiger partial charge on any atom is 0.0149 e. The van der Waals surface area contributed by atoms with Gasteiger partial charge >= 0.3 is 0 Å². The van der Waals surface area contributed by atoms with Crippen LogP contribution in [0, 0.1) is 5.92 Å². The molecule has 1 saturated heterocycles. The van der Waals surface area contributed by atoms with Crippen molar-refractivity contribution in [3.63, 3.8) is 0 Å². The summed E-state index contributed by atoms with van der Waals surface area (Å²) in [5.41, 5.74) is 9.16. The molecule has 0 radical (unpaired) electrons. The Hall–Kier alpha value is -1.58. The lowest BCUT2D eigenvalue weighted by molar-refractivity contribution is 0.298. The number of nitrogens with one attached hydrogen (secondary N) is 1. The van der Waals surface area contributed by atoms with Crippen LogP contribution in [0.4, 0.5) is 0 Å². The second-order valence-corrected chi connectivity index (χ2v) is 7.64. The van der Waals surface area contributed by atoms with Crippen LogP contribution >= 0.6 is 0 Å². The lowest BCUT2D eigenvalue weighted by atomic mass is 9.88. The molecule has 27 heavy (non-hydrogen) atoms. The molecule has 0 saturated carbocycles. The molecule has 3 heteroatoms. The Balaban J connectivity index is 0.00000114. The molecule has 0 bridgehead atoms. The summed E-state index contributed by atoms with van der Waals surface area (Å²) in [6.45, 7) is 13.3. The highest BCUT2D eigenvalue weighted by Gasteiger charge is 2.27. The van der Waals surface area contributed by atoms with E-state index in [1.807, 2.05) is 0 Å². The lowest BCUT2D eigenvalue weighted by Crippen LogP contribution is -2.40. The molecule has 1 fully saturated rings. The van der Waals surface area contributed by atoms with E-state index in [-0.39, 0.29) is 0 Å². The zero-order valence-electron chi connectivity index (χ0n) is 18.0. The summed E-state index contributed by atoms with van der Waals surface area (Å²) in [6, 6.07) is 0.596. The highest BCUT2D eigenvalue weighted by molar-refractivity contribution is 5.32. The summed E-state index contributed by atoms with van der Waals surface area (Å²) in [6.07, 6.45) is 18.9. The van der Waals surface area contributed by atoms with Crippen molar-refractivity contribution in [3.8, 4) is 0 Å². The van der Waals surface area contributed by atoms with Gasteiger partial charge in [0.15, 0.2) is 0 Å². The van der Waals surface area contributed by atoms with Crippen molar-refractivity contribution in [3.05, 3.63) is 59.9 Å². The quantitative estimate of drug-likeness (QED) is 0.649. The molecule has 0 aromatic heterocycles. The second kappa shape index (κ2) is 13.6. The second-order valence-electron chi connectivity index (χ2n) is 7.64. The van der Waals surface area contributed by atoms with Crippen LogP contribution in [0.3, 0.4) is 0 Å². The molecule has 152 valence electrons. The zero-order valence-corrected chi connectivity index (χ0v) is 18.0. The number of hydrogen-bond donors (Lipinski definition) is 2. The summed E-state index contributed by atoms with van der Waals surface area (Å²) in [4.78, 5) is 2.51. The van der Waals surface area contributed by atoms with Crippen molar-refractivity contribution >= 4 is 0 Å². The van der Waals surface area contributed by atoms with E-state index in [1.165, 1.54) is 49.6 Å². The highest BCUT2D eigenvalue weighted by atomic mass is 15.1. The third kappa shape index (κ3) is 8.77. The van der Waals surface area contributed by atoms with Gasteiger partial charge < -0.3 is 16.0 Å². The minimum Gasteiger partial charge on any atom is -0.405 e. The van der Waals surface area contributed by atoms with Crippen molar-refractivity contribution < 1.29 is 0 Å². The number of allylic oxidation sites excluding steroid dienone is 6. The van der Waals surface area contributed by atoms with E-state index in [0.29, 0.717) is 12.0 Å². The molecule has 0 aromatic rings. The van der Waals surface area contributed by atoms with Crippen LogP contribution in [-0.2, 0) is 0 Å². The van der Waals surface area contributed by atoms with Gasteiger partial charge in [-0.2, -0.15) is 0 Å². The Morgan fingerprint density at radius 1 is 1.44 bits per heavy atom. The molecule has 2 unspecified atom stereocenters. The summed E-state index contributed by atoms with van der Waals surface area (Å²) >= 11 is 0. The van der Waals surface area contributed by atoms with Gasteiger partial charge in [0, 0.05) is 18.5 Å². The van der Waals surface area contributed by atoms with Crippen LogP contribution in [0.15, 0.2) is 59.9 Å². The largest absolute Gasteiger partial charge is 0.405 e. The average Bonchev–Trinajstić information content (AvgIpc) is 2.97. The van der Waals surface area contributed by atoms with Crippen LogP contribution in [0.2, 0.25) is 0 Å². The average molecular weight is 372 g/mol. The normalized spacial score (nSPS) is 24.1. The van der Waals surface area contributed by atoms with Crippen molar-refractivity contribution in [1.29, 1.82) is 0 Å². The molecule has 1 heterocycles. The summed E-state index contributed by atoms with van der Waals surface area (Å²) in [7, 11) is 2.27. The Kier molecular flexibility index (Phi) is 11.8. The Morgan fingerprint density at radius 2 is 2.19 bits per heavy atom. The predicted octanol–water partition coefficient (Wildman–Crippen LogP) is 4.95. The monoisotopic (exact) mass is 371 g/mol. The van der Waals surface area contributed by atoms with Gasteiger partial charge in [-0.3, -0.25) is 0 Å². The first-order valence-corrected chi connectivity index (χ1v) is 10.5. The summed E-state index contributed by atoms with van der Waals surface area (Å²) in [5, 5.41) is 3.90. The minimum absolute atomic E-state index is 0.596. The SMILES string of the molecule is C/C=C(\CC)CCNC1CCCN(C)CC1C1=CCC(C)=CC=C1.C=CN. The molecule has 0 spiro atoms. The van der Waals surface area contributed by atoms with Crippen molar-refractivity contribution in [2.75, 3.05) is 26.7 Å². The first-order valence-electron chi connectivity index (χ1n) is 10.5. The number of rotatable bonds is 6. The van der Waals surface area contributed by atoms with Gasteiger partial charge in [0.2, 0.25) is 0 Å². The Bertz CT molecular complexity index is 554. The van der Waals surface area contributed by atoms with E-state index >= 15 is 0 Å².